The van der Waals surface area contributed by atoms with Crippen LogP contribution in [-0.2, 0) is 0 Å². The van der Waals surface area contributed by atoms with Crippen molar-refractivity contribution >= 4 is 23.1 Å². The number of aromatic nitrogens is 2. The fourth-order valence-corrected chi connectivity index (χ4v) is 1.83. The summed E-state index contributed by atoms with van der Waals surface area (Å²) < 4.78 is 0. The average Bonchev–Trinajstić information content (AvgIpc) is 2.37. The van der Waals surface area contributed by atoms with Crippen LogP contribution in [0.3, 0.4) is 0 Å². The first kappa shape index (κ1) is 11.7. The molecule has 0 aliphatic heterocycles. The van der Waals surface area contributed by atoms with Gasteiger partial charge in [0.15, 0.2) is 5.82 Å². The van der Waals surface area contributed by atoms with Crippen molar-refractivity contribution in [2.45, 2.75) is 6.92 Å². The van der Waals surface area contributed by atoms with Crippen LogP contribution in [0, 0.1) is 0 Å². The number of halogens is 1. The molecule has 4 nitrogen and oxygen atoms in total. The van der Waals surface area contributed by atoms with Crippen molar-refractivity contribution in [3.05, 3.63) is 52.0 Å². The van der Waals surface area contributed by atoms with Gasteiger partial charge in [0.25, 0.3) is 5.56 Å². The summed E-state index contributed by atoms with van der Waals surface area (Å²) in [5.41, 5.74) is 0.626. The third-order valence-electron chi connectivity index (χ3n) is 2.42. The number of hydrogen-bond acceptors (Lipinski definition) is 3. The Hall–Kier alpha value is -1.81. The predicted octanol–water partition coefficient (Wildman–Crippen LogP) is 2.58. The SMILES string of the molecule is CCN(c1ccccc1)c1nc[nH]c(=O)c1Cl. The maximum absolute atomic E-state index is 11.4. The quantitative estimate of drug-likeness (QED) is 0.910. The first-order valence-corrected chi connectivity index (χ1v) is 5.67. The Morgan fingerprint density at radius 3 is 2.71 bits per heavy atom. The molecule has 2 aromatic rings. The number of H-pyrrole nitrogens is 1. The van der Waals surface area contributed by atoms with Crippen LogP contribution in [0.5, 0.6) is 0 Å². The van der Waals surface area contributed by atoms with Crippen molar-refractivity contribution in [2.24, 2.45) is 0 Å². The Kier molecular flexibility index (Phi) is 3.44. The van der Waals surface area contributed by atoms with E-state index in [-0.39, 0.29) is 10.6 Å². The molecule has 0 bridgehead atoms. The molecule has 0 amide bonds. The third-order valence-corrected chi connectivity index (χ3v) is 2.76. The van der Waals surface area contributed by atoms with E-state index in [1.54, 1.807) is 0 Å². The minimum Gasteiger partial charge on any atom is -0.325 e. The van der Waals surface area contributed by atoms with Gasteiger partial charge in [-0.2, -0.15) is 0 Å². The first-order valence-electron chi connectivity index (χ1n) is 5.29. The number of aromatic amines is 1. The predicted molar refractivity (Wildman–Crippen MR) is 69.0 cm³/mol. The van der Waals surface area contributed by atoms with Gasteiger partial charge in [-0.15, -0.1) is 0 Å². The number of benzene rings is 1. The van der Waals surface area contributed by atoms with E-state index in [2.05, 4.69) is 9.97 Å². The van der Waals surface area contributed by atoms with Crippen LogP contribution < -0.4 is 10.5 Å². The molecule has 0 fully saturated rings. The minimum absolute atomic E-state index is 0.109. The Labute approximate surface area is 104 Å². The summed E-state index contributed by atoms with van der Waals surface area (Å²) in [6.45, 7) is 2.66. The minimum atomic E-state index is -0.328. The number of nitrogens with one attached hydrogen (secondary N) is 1. The van der Waals surface area contributed by atoms with Gasteiger partial charge in [0, 0.05) is 12.2 Å². The van der Waals surface area contributed by atoms with Crippen molar-refractivity contribution in [1.82, 2.24) is 9.97 Å². The smallest absolute Gasteiger partial charge is 0.271 e. The van der Waals surface area contributed by atoms with Crippen molar-refractivity contribution in [1.29, 1.82) is 0 Å². The van der Waals surface area contributed by atoms with Crippen LogP contribution in [0.4, 0.5) is 11.5 Å². The van der Waals surface area contributed by atoms with Crippen LogP contribution in [-0.4, -0.2) is 16.5 Å². The standard InChI is InChI=1S/C12H12ClN3O/c1-2-16(9-6-4-3-5-7-9)11-10(13)12(17)15-8-14-11/h3-8H,2H2,1H3,(H,14,15,17). The van der Waals surface area contributed by atoms with E-state index in [4.69, 9.17) is 11.6 Å². The largest absolute Gasteiger partial charge is 0.325 e. The molecule has 2 rings (SSSR count). The van der Waals surface area contributed by atoms with Crippen molar-refractivity contribution < 1.29 is 0 Å². The van der Waals surface area contributed by atoms with Gasteiger partial charge in [0.05, 0.1) is 6.33 Å². The maximum atomic E-state index is 11.4. The maximum Gasteiger partial charge on any atom is 0.271 e. The van der Waals surface area contributed by atoms with Crippen LogP contribution >= 0.6 is 11.6 Å². The first-order chi connectivity index (χ1) is 8.24. The Balaban J connectivity index is 2.50. The van der Waals surface area contributed by atoms with Gasteiger partial charge in [-0.25, -0.2) is 4.98 Å². The van der Waals surface area contributed by atoms with Gasteiger partial charge in [-0.3, -0.25) is 4.79 Å². The summed E-state index contributed by atoms with van der Waals surface area (Å²) in [6.07, 6.45) is 1.36. The molecule has 0 saturated carbocycles. The van der Waals surface area contributed by atoms with E-state index in [1.165, 1.54) is 6.33 Å². The molecule has 1 heterocycles. The van der Waals surface area contributed by atoms with Crippen LogP contribution in [0.15, 0.2) is 41.5 Å². The molecule has 0 radical (unpaired) electrons. The van der Waals surface area contributed by atoms with E-state index in [9.17, 15) is 4.79 Å². The molecule has 0 atom stereocenters. The Bertz CT molecular complexity index is 553. The van der Waals surface area contributed by atoms with Gasteiger partial charge in [-0.1, -0.05) is 29.8 Å². The number of hydrogen-bond donors (Lipinski definition) is 1. The number of nitrogens with zero attached hydrogens (tertiary/aromatic N) is 2. The summed E-state index contributed by atoms with van der Waals surface area (Å²) in [5.74, 6) is 0.476. The van der Waals surface area contributed by atoms with Crippen LogP contribution in [0.1, 0.15) is 6.92 Å². The van der Waals surface area contributed by atoms with Gasteiger partial charge < -0.3 is 9.88 Å². The highest BCUT2D eigenvalue weighted by molar-refractivity contribution is 6.32. The fraction of sp³-hybridized carbons (Fsp3) is 0.167. The van der Waals surface area contributed by atoms with E-state index in [0.717, 1.165) is 5.69 Å². The van der Waals surface area contributed by atoms with Crippen LogP contribution in [0.25, 0.3) is 0 Å². The Morgan fingerprint density at radius 2 is 2.06 bits per heavy atom. The zero-order valence-electron chi connectivity index (χ0n) is 9.35. The number of para-hydroxylation sites is 1. The molecule has 0 aliphatic carbocycles. The molecular weight excluding hydrogens is 238 g/mol. The molecule has 17 heavy (non-hydrogen) atoms. The normalized spacial score (nSPS) is 10.2. The average molecular weight is 250 g/mol. The zero-order valence-corrected chi connectivity index (χ0v) is 10.1. The summed E-state index contributed by atoms with van der Waals surface area (Å²) in [5, 5.41) is 0.109. The summed E-state index contributed by atoms with van der Waals surface area (Å²) >= 11 is 5.97. The van der Waals surface area contributed by atoms with Gasteiger partial charge in [-0.05, 0) is 19.1 Å². The van der Waals surface area contributed by atoms with Crippen molar-refractivity contribution in [2.75, 3.05) is 11.4 Å². The molecule has 88 valence electrons. The second kappa shape index (κ2) is 5.01. The summed E-state index contributed by atoms with van der Waals surface area (Å²) in [7, 11) is 0. The van der Waals surface area contributed by atoms with Crippen LogP contribution in [0.2, 0.25) is 5.02 Å². The lowest BCUT2D eigenvalue weighted by Crippen LogP contribution is -2.21. The van der Waals surface area contributed by atoms with E-state index in [0.29, 0.717) is 12.4 Å². The molecular formula is C12H12ClN3O. The molecule has 0 unspecified atom stereocenters. The van der Waals surface area contributed by atoms with Gasteiger partial charge in [0.1, 0.15) is 5.02 Å². The zero-order chi connectivity index (χ0) is 12.3. The second-order valence-corrected chi connectivity index (χ2v) is 3.83. The highest BCUT2D eigenvalue weighted by Gasteiger charge is 2.14. The fourth-order valence-electron chi connectivity index (χ4n) is 1.62. The topological polar surface area (TPSA) is 49.0 Å². The number of rotatable bonds is 3. The summed E-state index contributed by atoms with van der Waals surface area (Å²) in [6, 6.07) is 9.69. The van der Waals surface area contributed by atoms with Crippen molar-refractivity contribution in [3.8, 4) is 0 Å². The highest BCUT2D eigenvalue weighted by Crippen LogP contribution is 2.26. The third kappa shape index (κ3) is 2.31. The van der Waals surface area contributed by atoms with Gasteiger partial charge >= 0.3 is 0 Å². The number of anilines is 2. The van der Waals surface area contributed by atoms with E-state index >= 15 is 0 Å². The summed E-state index contributed by atoms with van der Waals surface area (Å²) in [4.78, 5) is 19.9. The Morgan fingerprint density at radius 1 is 1.35 bits per heavy atom. The molecule has 0 aliphatic rings. The molecule has 0 spiro atoms. The molecule has 5 heteroatoms. The van der Waals surface area contributed by atoms with Gasteiger partial charge in [0.2, 0.25) is 0 Å². The second-order valence-electron chi connectivity index (χ2n) is 3.45. The molecule has 1 N–H and O–H groups in total. The van der Waals surface area contributed by atoms with E-state index in [1.807, 2.05) is 42.2 Å². The lowest BCUT2D eigenvalue weighted by atomic mass is 10.3. The lowest BCUT2D eigenvalue weighted by molar-refractivity contribution is 0.968. The van der Waals surface area contributed by atoms with Crippen molar-refractivity contribution in [3.63, 3.8) is 0 Å². The van der Waals surface area contributed by atoms with E-state index < -0.39 is 0 Å². The molecule has 0 saturated heterocycles. The monoisotopic (exact) mass is 249 g/mol. The highest BCUT2D eigenvalue weighted by atomic mass is 35.5. The molecule has 1 aromatic heterocycles. The molecule has 1 aromatic carbocycles. The lowest BCUT2D eigenvalue weighted by Gasteiger charge is -2.22.